The van der Waals surface area contributed by atoms with Gasteiger partial charge in [-0.2, -0.15) is 0 Å². The van der Waals surface area contributed by atoms with Crippen LogP contribution >= 0.6 is 0 Å². The van der Waals surface area contributed by atoms with Gasteiger partial charge in [0.05, 0.1) is 13.5 Å². The number of phenols is 1. The third-order valence-electron chi connectivity index (χ3n) is 3.34. The van der Waals surface area contributed by atoms with Crippen molar-refractivity contribution in [2.45, 2.75) is 13.3 Å². The van der Waals surface area contributed by atoms with E-state index < -0.39 is 5.97 Å². The number of amides is 1. The Bertz CT molecular complexity index is 737. The number of aromatic hydroxyl groups is 1. The Morgan fingerprint density at radius 2 is 1.83 bits per heavy atom. The molecule has 0 spiro atoms. The maximum absolute atomic E-state index is 12.1. The highest BCUT2D eigenvalue weighted by Gasteiger charge is 2.14. The van der Waals surface area contributed by atoms with Gasteiger partial charge in [-0.1, -0.05) is 12.1 Å². The van der Waals surface area contributed by atoms with Crippen molar-refractivity contribution in [3.63, 3.8) is 0 Å². The number of anilines is 1. The number of rotatable bonds is 5. The molecule has 0 radical (unpaired) electrons. The maximum Gasteiger partial charge on any atom is 0.339 e. The van der Waals surface area contributed by atoms with Crippen LogP contribution < -0.4 is 10.1 Å². The molecule has 0 heterocycles. The smallest absolute Gasteiger partial charge is 0.339 e. The van der Waals surface area contributed by atoms with E-state index in [4.69, 9.17) is 9.84 Å². The molecule has 1 amide bonds. The van der Waals surface area contributed by atoms with Crippen LogP contribution in [-0.4, -0.2) is 29.2 Å². The van der Waals surface area contributed by atoms with Crippen LogP contribution in [0.3, 0.4) is 0 Å². The molecule has 0 unspecified atom stereocenters. The Labute approximate surface area is 133 Å². The first-order valence-corrected chi connectivity index (χ1v) is 6.90. The van der Waals surface area contributed by atoms with Crippen molar-refractivity contribution in [3.8, 4) is 11.5 Å². The number of carboxylic acid groups (broad SMARTS) is 1. The highest BCUT2D eigenvalue weighted by molar-refractivity contribution is 5.96. The van der Waals surface area contributed by atoms with Crippen molar-refractivity contribution in [1.82, 2.24) is 0 Å². The van der Waals surface area contributed by atoms with Gasteiger partial charge >= 0.3 is 5.97 Å². The maximum atomic E-state index is 12.1. The minimum absolute atomic E-state index is 0.145. The minimum Gasteiger partial charge on any atom is -0.507 e. The molecule has 0 saturated heterocycles. The van der Waals surface area contributed by atoms with Crippen LogP contribution in [0.1, 0.15) is 21.5 Å². The normalized spacial score (nSPS) is 10.2. The van der Waals surface area contributed by atoms with Gasteiger partial charge in [0.15, 0.2) is 0 Å². The molecule has 0 fully saturated rings. The number of nitrogens with one attached hydrogen (secondary N) is 1. The lowest BCUT2D eigenvalue weighted by atomic mass is 10.1. The molecule has 0 atom stereocenters. The quantitative estimate of drug-likeness (QED) is 0.737. The molecular formula is C17H17NO5. The Kier molecular flexibility index (Phi) is 4.85. The van der Waals surface area contributed by atoms with Crippen molar-refractivity contribution < 1.29 is 24.5 Å². The fraction of sp³-hybridized carbons (Fsp3) is 0.176. The van der Waals surface area contributed by atoms with Gasteiger partial charge in [0.2, 0.25) is 5.91 Å². The molecule has 2 aromatic rings. The fourth-order valence-corrected chi connectivity index (χ4v) is 2.15. The van der Waals surface area contributed by atoms with E-state index in [0.717, 1.165) is 5.56 Å². The average molecular weight is 315 g/mol. The van der Waals surface area contributed by atoms with E-state index in [0.29, 0.717) is 17.0 Å². The summed E-state index contributed by atoms with van der Waals surface area (Å²) in [5.41, 5.74) is 1.27. The third-order valence-corrected chi connectivity index (χ3v) is 3.34. The summed E-state index contributed by atoms with van der Waals surface area (Å²) < 4.78 is 5.05. The van der Waals surface area contributed by atoms with Gasteiger partial charge in [0.25, 0.3) is 0 Å². The SMILES string of the molecule is COc1ccc(CC(=O)Nc2cc(C)c(O)c(C(=O)O)c2)cc1. The summed E-state index contributed by atoms with van der Waals surface area (Å²) in [5.74, 6) is -1.13. The van der Waals surface area contributed by atoms with E-state index >= 15 is 0 Å². The van der Waals surface area contributed by atoms with E-state index in [1.807, 2.05) is 0 Å². The Morgan fingerprint density at radius 1 is 1.17 bits per heavy atom. The summed E-state index contributed by atoms with van der Waals surface area (Å²) >= 11 is 0. The van der Waals surface area contributed by atoms with Crippen LogP contribution in [0.2, 0.25) is 0 Å². The van der Waals surface area contributed by atoms with Crippen molar-refractivity contribution >= 4 is 17.6 Å². The number of aryl methyl sites for hydroxylation is 1. The van der Waals surface area contributed by atoms with Crippen LogP contribution in [0, 0.1) is 6.92 Å². The second-order valence-corrected chi connectivity index (χ2v) is 5.07. The van der Waals surface area contributed by atoms with Crippen LogP contribution in [0.15, 0.2) is 36.4 Å². The van der Waals surface area contributed by atoms with Crippen molar-refractivity contribution in [1.29, 1.82) is 0 Å². The lowest BCUT2D eigenvalue weighted by Gasteiger charge is -2.10. The van der Waals surface area contributed by atoms with Gasteiger partial charge < -0.3 is 20.3 Å². The number of methoxy groups -OCH3 is 1. The molecule has 3 N–H and O–H groups in total. The molecule has 2 aromatic carbocycles. The number of ether oxygens (including phenoxy) is 1. The number of carbonyl (C=O) groups is 2. The minimum atomic E-state index is -1.25. The average Bonchev–Trinajstić information content (AvgIpc) is 2.51. The van der Waals surface area contributed by atoms with E-state index in [-0.39, 0.29) is 23.6 Å². The van der Waals surface area contributed by atoms with E-state index in [9.17, 15) is 14.7 Å². The second-order valence-electron chi connectivity index (χ2n) is 5.07. The molecule has 6 heteroatoms. The molecule has 2 rings (SSSR count). The van der Waals surface area contributed by atoms with Gasteiger partial charge in [-0.15, -0.1) is 0 Å². The number of carboxylic acids is 1. The monoisotopic (exact) mass is 315 g/mol. The van der Waals surface area contributed by atoms with E-state index in [1.54, 1.807) is 38.3 Å². The number of carbonyl (C=O) groups excluding carboxylic acids is 1. The highest BCUT2D eigenvalue weighted by atomic mass is 16.5. The summed E-state index contributed by atoms with van der Waals surface area (Å²) in [7, 11) is 1.56. The highest BCUT2D eigenvalue weighted by Crippen LogP contribution is 2.26. The molecule has 23 heavy (non-hydrogen) atoms. The largest absolute Gasteiger partial charge is 0.507 e. The van der Waals surface area contributed by atoms with Gasteiger partial charge in [0.1, 0.15) is 17.1 Å². The van der Waals surface area contributed by atoms with Crippen molar-refractivity contribution in [2.75, 3.05) is 12.4 Å². The molecule has 0 bridgehead atoms. The molecule has 120 valence electrons. The molecule has 0 aliphatic rings. The van der Waals surface area contributed by atoms with E-state index in [2.05, 4.69) is 5.32 Å². The van der Waals surface area contributed by atoms with Gasteiger partial charge in [0, 0.05) is 5.69 Å². The number of benzene rings is 2. The summed E-state index contributed by atoms with van der Waals surface area (Å²) in [6.07, 6.45) is 0.145. The Morgan fingerprint density at radius 3 is 2.39 bits per heavy atom. The number of hydrogen-bond acceptors (Lipinski definition) is 4. The first-order chi connectivity index (χ1) is 10.9. The molecule has 6 nitrogen and oxygen atoms in total. The van der Waals surface area contributed by atoms with Crippen LogP contribution in [0.4, 0.5) is 5.69 Å². The summed E-state index contributed by atoms with van der Waals surface area (Å²) in [6.45, 7) is 1.57. The standard InChI is InChI=1S/C17H17NO5/c1-10-7-12(9-14(16(10)20)17(21)22)18-15(19)8-11-3-5-13(23-2)6-4-11/h3-7,9,20H,8H2,1-2H3,(H,18,19)(H,21,22). The Balaban J connectivity index is 2.12. The lowest BCUT2D eigenvalue weighted by Crippen LogP contribution is -2.15. The van der Waals surface area contributed by atoms with Gasteiger partial charge in [-0.05, 0) is 42.3 Å². The van der Waals surface area contributed by atoms with E-state index in [1.165, 1.54) is 12.1 Å². The van der Waals surface area contributed by atoms with Gasteiger partial charge in [-0.25, -0.2) is 4.79 Å². The van der Waals surface area contributed by atoms with Crippen LogP contribution in [0.5, 0.6) is 11.5 Å². The topological polar surface area (TPSA) is 95.9 Å². The molecule has 0 aromatic heterocycles. The predicted molar refractivity (Wildman–Crippen MR) is 85.1 cm³/mol. The Hall–Kier alpha value is -3.02. The summed E-state index contributed by atoms with van der Waals surface area (Å²) in [5, 5.41) is 21.4. The zero-order valence-electron chi connectivity index (χ0n) is 12.8. The molecule has 0 aliphatic heterocycles. The second kappa shape index (κ2) is 6.83. The van der Waals surface area contributed by atoms with Crippen LogP contribution in [-0.2, 0) is 11.2 Å². The zero-order valence-corrected chi connectivity index (χ0v) is 12.8. The molecule has 0 saturated carbocycles. The number of aromatic carboxylic acids is 1. The molecular weight excluding hydrogens is 298 g/mol. The first-order valence-electron chi connectivity index (χ1n) is 6.90. The van der Waals surface area contributed by atoms with Gasteiger partial charge in [-0.3, -0.25) is 4.79 Å². The molecule has 0 aliphatic carbocycles. The van der Waals surface area contributed by atoms with Crippen LogP contribution in [0.25, 0.3) is 0 Å². The predicted octanol–water partition coefficient (Wildman–Crippen LogP) is 2.59. The summed E-state index contributed by atoms with van der Waals surface area (Å²) in [6, 6.07) is 9.84. The third kappa shape index (κ3) is 4.00. The summed E-state index contributed by atoms with van der Waals surface area (Å²) in [4.78, 5) is 23.1. The van der Waals surface area contributed by atoms with Crippen molar-refractivity contribution in [3.05, 3.63) is 53.1 Å². The lowest BCUT2D eigenvalue weighted by molar-refractivity contribution is -0.115. The zero-order chi connectivity index (χ0) is 17.0. The number of hydrogen-bond donors (Lipinski definition) is 3. The fourth-order valence-electron chi connectivity index (χ4n) is 2.15. The van der Waals surface area contributed by atoms with Crippen molar-refractivity contribution in [2.24, 2.45) is 0 Å². The first kappa shape index (κ1) is 16.4.